The van der Waals surface area contributed by atoms with Gasteiger partial charge in [-0.15, -0.1) is 0 Å². The molecular weight excluding hydrogens is 375 g/mol. The average Bonchev–Trinajstić information content (AvgIpc) is 2.64. The number of hydrogen-bond donors (Lipinski definition) is 1. The van der Waals surface area contributed by atoms with Crippen molar-refractivity contribution in [2.75, 3.05) is 19.6 Å². The largest absolute Gasteiger partial charge is 0.379 e. The van der Waals surface area contributed by atoms with Crippen molar-refractivity contribution < 1.29 is 36.3 Å². The van der Waals surface area contributed by atoms with Crippen molar-refractivity contribution in [2.45, 2.75) is 20.3 Å². The minimum Gasteiger partial charge on any atom is -0.379 e. The van der Waals surface area contributed by atoms with Gasteiger partial charge in [0.1, 0.15) is 5.70 Å². The molecular formula is C17H15F5N2O3. The van der Waals surface area contributed by atoms with E-state index in [9.17, 15) is 36.3 Å². The van der Waals surface area contributed by atoms with Gasteiger partial charge in [-0.2, -0.15) is 0 Å². The number of amides is 1. The first kappa shape index (κ1) is 20.5. The van der Waals surface area contributed by atoms with E-state index in [1.165, 1.54) is 4.90 Å². The van der Waals surface area contributed by atoms with Crippen molar-refractivity contribution >= 4 is 17.5 Å². The van der Waals surface area contributed by atoms with Crippen molar-refractivity contribution in [3.63, 3.8) is 0 Å². The molecule has 10 heteroatoms. The van der Waals surface area contributed by atoms with E-state index in [0.29, 0.717) is 13.1 Å². The standard InChI is InChI=1S/C17H15F5N2O3/c1-3-24(4-2)7(25)5-6-23-15-14(22)16(26)8-9(17(15)27)11(19)13(21)12(20)10(8)18/h23H,3-6H2,1-2H3. The average molecular weight is 390 g/mol. The zero-order valence-corrected chi connectivity index (χ0v) is 14.4. The molecule has 0 fully saturated rings. The van der Waals surface area contributed by atoms with E-state index in [1.807, 2.05) is 0 Å². The maximum Gasteiger partial charge on any atom is 0.227 e. The Labute approximate surface area is 150 Å². The summed E-state index contributed by atoms with van der Waals surface area (Å²) in [5, 5.41) is 2.19. The molecule has 1 aromatic carbocycles. The number of Topliss-reactive ketones (excluding diaryl/α,β-unsaturated/α-hetero) is 2. The summed E-state index contributed by atoms with van der Waals surface area (Å²) in [6, 6.07) is 0. The van der Waals surface area contributed by atoms with E-state index in [4.69, 9.17) is 0 Å². The first-order valence-corrected chi connectivity index (χ1v) is 8.03. The number of hydrogen-bond acceptors (Lipinski definition) is 4. The maximum absolute atomic E-state index is 14.2. The topological polar surface area (TPSA) is 66.5 Å². The summed E-state index contributed by atoms with van der Waals surface area (Å²) in [6.07, 6.45) is -0.179. The van der Waals surface area contributed by atoms with Gasteiger partial charge in [-0.3, -0.25) is 14.4 Å². The molecule has 0 spiro atoms. The van der Waals surface area contributed by atoms with Gasteiger partial charge in [0.2, 0.25) is 17.5 Å². The van der Waals surface area contributed by atoms with Crippen molar-refractivity contribution in [1.82, 2.24) is 10.2 Å². The molecule has 0 unspecified atom stereocenters. The summed E-state index contributed by atoms with van der Waals surface area (Å²) in [5.41, 5.74) is -3.93. The molecule has 0 aromatic heterocycles. The zero-order valence-electron chi connectivity index (χ0n) is 14.4. The highest BCUT2D eigenvalue weighted by Gasteiger charge is 2.41. The lowest BCUT2D eigenvalue weighted by Crippen LogP contribution is -2.35. The van der Waals surface area contributed by atoms with Crippen LogP contribution in [0.4, 0.5) is 22.0 Å². The van der Waals surface area contributed by atoms with Crippen LogP contribution in [0.15, 0.2) is 11.5 Å². The van der Waals surface area contributed by atoms with Crippen LogP contribution in [0.25, 0.3) is 0 Å². The van der Waals surface area contributed by atoms with E-state index < -0.39 is 57.5 Å². The van der Waals surface area contributed by atoms with Crippen LogP contribution in [-0.2, 0) is 4.79 Å². The molecule has 2 rings (SSSR count). The summed E-state index contributed by atoms with van der Waals surface area (Å²) >= 11 is 0. The monoisotopic (exact) mass is 390 g/mol. The predicted molar refractivity (Wildman–Crippen MR) is 83.6 cm³/mol. The fraction of sp³-hybridized carbons (Fsp3) is 0.353. The van der Waals surface area contributed by atoms with Crippen molar-refractivity contribution in [2.24, 2.45) is 0 Å². The molecule has 1 aromatic rings. The molecule has 0 bridgehead atoms. The van der Waals surface area contributed by atoms with Crippen LogP contribution in [0.2, 0.25) is 0 Å². The third-order valence-corrected chi connectivity index (χ3v) is 4.12. The number of rotatable bonds is 6. The van der Waals surface area contributed by atoms with Crippen molar-refractivity contribution in [3.05, 3.63) is 45.9 Å². The Kier molecular flexibility index (Phi) is 5.97. The number of allylic oxidation sites excluding steroid dienone is 2. The first-order valence-electron chi connectivity index (χ1n) is 8.03. The highest BCUT2D eigenvalue weighted by Crippen LogP contribution is 2.32. The Hall–Kier alpha value is -2.78. The Morgan fingerprint density at radius 3 is 1.81 bits per heavy atom. The SMILES string of the molecule is CCN(CC)C(=O)CCNC1=C(F)C(=O)c2c(F)c(F)c(F)c(F)c2C1=O. The lowest BCUT2D eigenvalue weighted by Gasteiger charge is -2.21. The fourth-order valence-corrected chi connectivity index (χ4v) is 2.69. The number of carbonyl (C=O) groups is 3. The van der Waals surface area contributed by atoms with Crippen LogP contribution in [-0.4, -0.2) is 42.0 Å². The second kappa shape index (κ2) is 7.85. The Balaban J connectivity index is 2.32. The summed E-state index contributed by atoms with van der Waals surface area (Å²) < 4.78 is 68.5. The van der Waals surface area contributed by atoms with Crippen LogP contribution >= 0.6 is 0 Å². The quantitative estimate of drug-likeness (QED) is 0.461. The van der Waals surface area contributed by atoms with Gasteiger partial charge in [-0.05, 0) is 13.8 Å². The van der Waals surface area contributed by atoms with E-state index >= 15 is 0 Å². The Morgan fingerprint density at radius 2 is 1.33 bits per heavy atom. The smallest absolute Gasteiger partial charge is 0.227 e. The number of carbonyl (C=O) groups excluding carboxylic acids is 3. The number of halogens is 5. The molecule has 0 aliphatic heterocycles. The molecule has 27 heavy (non-hydrogen) atoms. The van der Waals surface area contributed by atoms with E-state index in [0.717, 1.165) is 0 Å². The number of benzene rings is 1. The van der Waals surface area contributed by atoms with Gasteiger partial charge in [-0.1, -0.05) is 0 Å². The van der Waals surface area contributed by atoms with Crippen LogP contribution in [0.3, 0.4) is 0 Å². The van der Waals surface area contributed by atoms with Gasteiger partial charge >= 0.3 is 0 Å². The van der Waals surface area contributed by atoms with Gasteiger partial charge in [0.15, 0.2) is 29.1 Å². The first-order chi connectivity index (χ1) is 12.7. The summed E-state index contributed by atoms with van der Waals surface area (Å²) in [5.74, 6) is -14.3. The lowest BCUT2D eigenvalue weighted by molar-refractivity contribution is -0.130. The molecule has 1 aliphatic rings. The van der Waals surface area contributed by atoms with E-state index in [2.05, 4.69) is 5.32 Å². The van der Waals surface area contributed by atoms with Gasteiger partial charge in [0, 0.05) is 26.1 Å². The van der Waals surface area contributed by atoms with Crippen LogP contribution < -0.4 is 5.32 Å². The van der Waals surface area contributed by atoms with E-state index in [-0.39, 0.29) is 18.9 Å². The molecule has 0 atom stereocenters. The number of nitrogens with one attached hydrogen (secondary N) is 1. The Bertz CT molecular complexity index is 863. The summed E-state index contributed by atoms with van der Waals surface area (Å²) in [6.45, 7) is 4.03. The molecule has 0 saturated heterocycles. The van der Waals surface area contributed by atoms with E-state index in [1.54, 1.807) is 13.8 Å². The van der Waals surface area contributed by atoms with Crippen molar-refractivity contribution in [3.8, 4) is 0 Å². The molecule has 5 nitrogen and oxygen atoms in total. The lowest BCUT2D eigenvalue weighted by atomic mass is 9.90. The normalized spacial score (nSPS) is 13.7. The van der Waals surface area contributed by atoms with Crippen LogP contribution in [0, 0.1) is 23.3 Å². The van der Waals surface area contributed by atoms with Crippen LogP contribution in [0.1, 0.15) is 41.0 Å². The minimum atomic E-state index is -2.32. The molecule has 0 radical (unpaired) electrons. The molecule has 146 valence electrons. The third kappa shape index (κ3) is 3.43. The fourth-order valence-electron chi connectivity index (χ4n) is 2.69. The molecule has 1 aliphatic carbocycles. The Morgan fingerprint density at radius 1 is 0.852 bits per heavy atom. The van der Waals surface area contributed by atoms with Gasteiger partial charge in [0.25, 0.3) is 0 Å². The number of fused-ring (bicyclic) bond motifs is 1. The minimum absolute atomic E-state index is 0.179. The molecule has 0 saturated carbocycles. The van der Waals surface area contributed by atoms with Gasteiger partial charge in [0.05, 0.1) is 11.1 Å². The second-order valence-corrected chi connectivity index (χ2v) is 5.60. The van der Waals surface area contributed by atoms with Gasteiger partial charge < -0.3 is 10.2 Å². The molecule has 0 heterocycles. The molecule has 1 N–H and O–H groups in total. The highest BCUT2D eigenvalue weighted by atomic mass is 19.2. The zero-order chi connectivity index (χ0) is 20.5. The maximum atomic E-state index is 14.2. The van der Waals surface area contributed by atoms with Crippen molar-refractivity contribution in [1.29, 1.82) is 0 Å². The molecule has 1 amide bonds. The third-order valence-electron chi connectivity index (χ3n) is 4.12. The number of ketones is 2. The highest BCUT2D eigenvalue weighted by molar-refractivity contribution is 6.26. The second-order valence-electron chi connectivity index (χ2n) is 5.60. The summed E-state index contributed by atoms with van der Waals surface area (Å²) in [4.78, 5) is 37.5. The summed E-state index contributed by atoms with van der Waals surface area (Å²) in [7, 11) is 0. The van der Waals surface area contributed by atoms with Gasteiger partial charge in [-0.25, -0.2) is 22.0 Å². The number of nitrogens with zero attached hydrogens (tertiary/aromatic N) is 1. The predicted octanol–water partition coefficient (Wildman–Crippen LogP) is 2.65. The van der Waals surface area contributed by atoms with Crippen LogP contribution in [0.5, 0.6) is 0 Å².